The molecule has 1 aromatic carbocycles. The molecule has 0 aliphatic heterocycles. The summed E-state index contributed by atoms with van der Waals surface area (Å²) in [5.41, 5.74) is 4.67. The lowest BCUT2D eigenvalue weighted by Gasteiger charge is -2.18. The van der Waals surface area contributed by atoms with Gasteiger partial charge in [-0.1, -0.05) is 32.9 Å². The average Bonchev–Trinajstić information content (AvgIpc) is 2.78. The Kier molecular flexibility index (Phi) is 3.89. The third kappa shape index (κ3) is 3.58. The Morgan fingerprint density at radius 1 is 1.18 bits per heavy atom. The fraction of sp³-hybridized carbons (Fsp3) is 0.357. The Morgan fingerprint density at radius 2 is 1.88 bits per heavy atom. The molecule has 0 aliphatic rings. The lowest BCUT2D eigenvalue weighted by atomic mass is 9.87. The monoisotopic (exact) mass is 263 g/mol. The van der Waals surface area contributed by atoms with Crippen molar-refractivity contribution >= 4 is 23.1 Å². The van der Waals surface area contributed by atoms with Crippen molar-refractivity contribution in [2.45, 2.75) is 36.8 Å². The zero-order valence-corrected chi connectivity index (χ0v) is 12.1. The van der Waals surface area contributed by atoms with Gasteiger partial charge in [-0.2, -0.15) is 0 Å². The summed E-state index contributed by atoms with van der Waals surface area (Å²) in [7, 11) is 0. The molecule has 1 heterocycles. The van der Waals surface area contributed by atoms with Crippen LogP contribution in [0.25, 0.3) is 0 Å². The molecule has 17 heavy (non-hydrogen) atoms. The van der Waals surface area contributed by atoms with Gasteiger partial charge in [-0.05, 0) is 23.1 Å². The Labute approximate surface area is 111 Å². The van der Waals surface area contributed by atoms with E-state index in [-0.39, 0.29) is 5.41 Å². The zero-order valence-electron chi connectivity index (χ0n) is 10.4. The van der Waals surface area contributed by atoms with Crippen LogP contribution >= 0.6 is 23.1 Å². The smallest absolute Gasteiger partial charge is 0.0795 e. The van der Waals surface area contributed by atoms with E-state index < -0.39 is 0 Å². The Morgan fingerprint density at radius 3 is 2.41 bits per heavy atom. The lowest BCUT2D eigenvalue weighted by molar-refractivity contribution is 0.590. The number of benzene rings is 1. The van der Waals surface area contributed by atoms with Crippen molar-refractivity contribution in [3.63, 3.8) is 0 Å². The SMILES string of the molecule is CC(C)(C)c1ccc(SCc2cscn2)cc1. The molecule has 0 spiro atoms. The molecule has 2 aromatic rings. The van der Waals surface area contributed by atoms with Gasteiger partial charge in [0.15, 0.2) is 0 Å². The molecule has 0 saturated heterocycles. The normalized spacial score (nSPS) is 11.7. The largest absolute Gasteiger partial charge is 0.249 e. The predicted molar refractivity (Wildman–Crippen MR) is 76.8 cm³/mol. The number of nitrogens with zero attached hydrogens (tertiary/aromatic N) is 1. The fourth-order valence-corrected chi connectivity index (χ4v) is 2.98. The van der Waals surface area contributed by atoms with E-state index in [0.717, 1.165) is 5.75 Å². The van der Waals surface area contributed by atoms with Gasteiger partial charge >= 0.3 is 0 Å². The van der Waals surface area contributed by atoms with Gasteiger partial charge in [0.1, 0.15) is 0 Å². The van der Waals surface area contributed by atoms with Crippen molar-refractivity contribution in [2.24, 2.45) is 0 Å². The van der Waals surface area contributed by atoms with Crippen molar-refractivity contribution in [2.75, 3.05) is 0 Å². The summed E-state index contributed by atoms with van der Waals surface area (Å²) in [6.45, 7) is 6.72. The maximum absolute atomic E-state index is 4.29. The maximum atomic E-state index is 4.29. The molecule has 0 saturated carbocycles. The number of hydrogen-bond donors (Lipinski definition) is 0. The average molecular weight is 263 g/mol. The van der Waals surface area contributed by atoms with Crippen LogP contribution in [-0.4, -0.2) is 4.98 Å². The van der Waals surface area contributed by atoms with Crippen molar-refractivity contribution in [3.05, 3.63) is 46.4 Å². The summed E-state index contributed by atoms with van der Waals surface area (Å²) < 4.78 is 0. The van der Waals surface area contributed by atoms with Crippen LogP contribution in [0.15, 0.2) is 40.1 Å². The van der Waals surface area contributed by atoms with Gasteiger partial charge in [0.25, 0.3) is 0 Å². The minimum atomic E-state index is 0.234. The molecule has 2 rings (SSSR count). The van der Waals surface area contributed by atoms with Gasteiger partial charge in [-0.15, -0.1) is 23.1 Å². The second-order valence-electron chi connectivity index (χ2n) is 5.04. The molecular weight excluding hydrogens is 246 g/mol. The van der Waals surface area contributed by atoms with Gasteiger partial charge in [-0.25, -0.2) is 4.98 Å². The molecule has 1 aromatic heterocycles. The standard InChI is InChI=1S/C14H17NS2/c1-14(2,3)11-4-6-13(7-5-11)17-9-12-8-16-10-15-12/h4-8,10H,9H2,1-3H3. The molecule has 1 nitrogen and oxygen atoms in total. The summed E-state index contributed by atoms with van der Waals surface area (Å²) in [5.74, 6) is 0.957. The van der Waals surface area contributed by atoms with Crippen molar-refractivity contribution < 1.29 is 0 Å². The maximum Gasteiger partial charge on any atom is 0.0795 e. The molecule has 0 atom stereocenters. The van der Waals surface area contributed by atoms with Crippen LogP contribution in [0.1, 0.15) is 32.0 Å². The van der Waals surface area contributed by atoms with Crippen molar-refractivity contribution in [3.8, 4) is 0 Å². The molecule has 0 fully saturated rings. The Bertz CT molecular complexity index is 452. The molecule has 0 unspecified atom stereocenters. The van der Waals surface area contributed by atoms with Crippen molar-refractivity contribution in [1.29, 1.82) is 0 Å². The van der Waals surface area contributed by atoms with Crippen LogP contribution in [0, 0.1) is 0 Å². The van der Waals surface area contributed by atoms with E-state index in [1.54, 1.807) is 11.3 Å². The van der Waals surface area contributed by atoms with Crippen LogP contribution in [0.3, 0.4) is 0 Å². The van der Waals surface area contributed by atoms with E-state index in [0.29, 0.717) is 0 Å². The summed E-state index contributed by atoms with van der Waals surface area (Å²) >= 11 is 3.50. The van der Waals surface area contributed by atoms with Gasteiger partial charge in [0, 0.05) is 16.0 Å². The Balaban J connectivity index is 1.99. The highest BCUT2D eigenvalue weighted by molar-refractivity contribution is 7.98. The van der Waals surface area contributed by atoms with Gasteiger partial charge in [0.2, 0.25) is 0 Å². The quantitative estimate of drug-likeness (QED) is 0.742. The molecular formula is C14H17NS2. The molecule has 90 valence electrons. The second-order valence-corrected chi connectivity index (χ2v) is 6.81. The van der Waals surface area contributed by atoms with Crippen LogP contribution in [0.5, 0.6) is 0 Å². The number of thioether (sulfide) groups is 1. The minimum absolute atomic E-state index is 0.234. The number of thiazole rings is 1. The first kappa shape index (κ1) is 12.7. The van der Waals surface area contributed by atoms with Gasteiger partial charge in [0.05, 0.1) is 11.2 Å². The number of hydrogen-bond acceptors (Lipinski definition) is 3. The molecule has 0 aliphatic carbocycles. The highest BCUT2D eigenvalue weighted by atomic mass is 32.2. The highest BCUT2D eigenvalue weighted by Gasteiger charge is 2.12. The number of aromatic nitrogens is 1. The van der Waals surface area contributed by atoms with E-state index in [1.807, 2.05) is 17.3 Å². The zero-order chi connectivity index (χ0) is 12.3. The fourth-order valence-electron chi connectivity index (χ4n) is 1.52. The van der Waals surface area contributed by atoms with E-state index in [9.17, 15) is 0 Å². The van der Waals surface area contributed by atoms with E-state index in [4.69, 9.17) is 0 Å². The van der Waals surface area contributed by atoms with Crippen LogP contribution in [-0.2, 0) is 11.2 Å². The summed E-state index contributed by atoms with van der Waals surface area (Å²) in [6.07, 6.45) is 0. The van der Waals surface area contributed by atoms with E-state index in [1.165, 1.54) is 16.2 Å². The molecule has 0 N–H and O–H groups in total. The summed E-state index contributed by atoms with van der Waals surface area (Å²) in [6, 6.07) is 8.86. The van der Waals surface area contributed by atoms with Gasteiger partial charge < -0.3 is 0 Å². The molecule has 3 heteroatoms. The third-order valence-corrected chi connectivity index (χ3v) is 4.27. The summed E-state index contributed by atoms with van der Waals surface area (Å²) in [4.78, 5) is 5.60. The summed E-state index contributed by atoms with van der Waals surface area (Å²) in [5, 5.41) is 2.11. The van der Waals surface area contributed by atoms with Crippen LogP contribution < -0.4 is 0 Å². The molecule has 0 amide bonds. The first-order valence-corrected chi connectivity index (χ1v) is 7.59. The van der Waals surface area contributed by atoms with Crippen LogP contribution in [0.4, 0.5) is 0 Å². The minimum Gasteiger partial charge on any atom is -0.249 e. The predicted octanol–water partition coefficient (Wildman–Crippen LogP) is 4.73. The molecule has 0 radical (unpaired) electrons. The number of rotatable bonds is 3. The molecule has 0 bridgehead atoms. The Hall–Kier alpha value is -0.800. The van der Waals surface area contributed by atoms with E-state index in [2.05, 4.69) is 55.4 Å². The van der Waals surface area contributed by atoms with Crippen LogP contribution in [0.2, 0.25) is 0 Å². The highest BCUT2D eigenvalue weighted by Crippen LogP contribution is 2.27. The first-order valence-electron chi connectivity index (χ1n) is 5.66. The topological polar surface area (TPSA) is 12.9 Å². The van der Waals surface area contributed by atoms with Crippen molar-refractivity contribution in [1.82, 2.24) is 4.98 Å². The lowest BCUT2D eigenvalue weighted by Crippen LogP contribution is -2.10. The van der Waals surface area contributed by atoms with Gasteiger partial charge in [-0.3, -0.25) is 0 Å². The third-order valence-electron chi connectivity index (χ3n) is 2.59. The second kappa shape index (κ2) is 5.23. The van der Waals surface area contributed by atoms with E-state index >= 15 is 0 Å². The first-order chi connectivity index (χ1) is 8.05.